The Morgan fingerprint density at radius 3 is 0.613 bits per heavy atom. The van der Waals surface area contributed by atoms with Crippen LogP contribution in [0.5, 0.6) is 0 Å². The van der Waals surface area contributed by atoms with Crippen molar-refractivity contribution in [1.29, 1.82) is 0 Å². The first-order chi connectivity index (χ1) is 14.2. The van der Waals surface area contributed by atoms with Crippen molar-refractivity contribution in [3.05, 3.63) is 96.7 Å². The average molecular weight is 564 g/mol. The zero-order valence-corrected chi connectivity index (χ0v) is 23.7. The van der Waals surface area contributed by atoms with E-state index < -0.39 is 58.5 Å². The van der Waals surface area contributed by atoms with Crippen LogP contribution in [0.15, 0.2) is 75.9 Å². The summed E-state index contributed by atoms with van der Waals surface area (Å²) in [5.41, 5.74) is 0. The minimum atomic E-state index is -2.00. The third-order valence-corrected chi connectivity index (χ3v) is 0.387. The van der Waals surface area contributed by atoms with E-state index in [0.29, 0.717) is 0 Å². The van der Waals surface area contributed by atoms with Crippen LogP contribution in [0, 0.1) is 20.8 Å². The van der Waals surface area contributed by atoms with Crippen molar-refractivity contribution in [3.8, 4) is 0 Å². The van der Waals surface area contributed by atoms with Crippen LogP contribution in [-0.2, 0) is 68.5 Å². The summed E-state index contributed by atoms with van der Waals surface area (Å²) >= 11 is -6.00. The fourth-order valence-corrected chi connectivity index (χ4v) is 0. The van der Waals surface area contributed by atoms with Crippen LogP contribution in [0.4, 0.5) is 0 Å². The Hall–Kier alpha value is -0.115. The van der Waals surface area contributed by atoms with Gasteiger partial charge in [-0.15, -0.1) is 19.7 Å². The minimum absolute atomic E-state index is 0. The van der Waals surface area contributed by atoms with Crippen molar-refractivity contribution in [2.24, 2.45) is 0 Å². The second kappa shape index (κ2) is 177. The molecule has 0 spiro atoms. The summed E-state index contributed by atoms with van der Waals surface area (Å²) in [5.74, 6) is 0. The molecule has 0 rings (SSSR count). The SMILES string of the molecule is C=CCO.C=CCO.C=CCO.C=C[CH2-].C=C[CH2-].C=C[CH2-].[Al+3].[O]=[Ti][O-].[O]=[Ti][O-].[O]=[Ti][O-]. The molecule has 13 heteroatoms. The molecule has 0 fully saturated rings. The molecule has 0 aliphatic heterocycles. The molecule has 3 N–H and O–H groups in total. The van der Waals surface area contributed by atoms with Crippen LogP contribution in [0.1, 0.15) is 0 Å². The number of aliphatic hydroxyl groups is 3. The van der Waals surface area contributed by atoms with Gasteiger partial charge in [-0.25, -0.2) is 58.7 Å². The molecule has 0 atom stereocenters. The van der Waals surface area contributed by atoms with E-state index in [9.17, 15) is 0 Å². The molecule has 0 aliphatic rings. The normalized spacial score (nSPS) is 4.45. The number of hydrogen-bond acceptors (Lipinski definition) is 9. The summed E-state index contributed by atoms with van der Waals surface area (Å²) in [6.45, 7) is 29.4. The van der Waals surface area contributed by atoms with E-state index in [0.717, 1.165) is 0 Å². The van der Waals surface area contributed by atoms with Gasteiger partial charge in [0.1, 0.15) is 0 Å². The third-order valence-electron chi connectivity index (χ3n) is 0.387. The first kappa shape index (κ1) is 63.2. The molecule has 0 aromatic rings. The molecule has 9 nitrogen and oxygen atoms in total. The second-order valence-corrected chi connectivity index (χ2v) is 3.31. The molecule has 0 saturated carbocycles. The zero-order valence-electron chi connectivity index (χ0n) is 17.8. The molecule has 0 heterocycles. The first-order valence-electron chi connectivity index (χ1n) is 7.07. The topological polar surface area (TPSA) is 181 Å². The van der Waals surface area contributed by atoms with Gasteiger partial charge in [-0.1, -0.05) is 18.2 Å². The van der Waals surface area contributed by atoms with Crippen molar-refractivity contribution >= 4 is 17.4 Å². The van der Waals surface area contributed by atoms with Gasteiger partial charge >= 0.3 is 96.9 Å². The Morgan fingerprint density at radius 1 is 0.581 bits per heavy atom. The van der Waals surface area contributed by atoms with Crippen LogP contribution in [-0.4, -0.2) is 52.5 Å². The summed E-state index contributed by atoms with van der Waals surface area (Å²) in [4.78, 5) is 0. The zero-order chi connectivity index (χ0) is 26.5. The van der Waals surface area contributed by atoms with E-state index >= 15 is 0 Å². The number of aliphatic hydroxyl groups excluding tert-OH is 3. The summed E-state index contributed by atoms with van der Waals surface area (Å²) in [5, 5.41) is 23.3. The molecule has 0 amide bonds. The molecular weight excluding hydrogens is 531 g/mol. The maximum absolute atomic E-state index is 8.50. The fourth-order valence-electron chi connectivity index (χ4n) is 0. The summed E-state index contributed by atoms with van der Waals surface area (Å²) in [7, 11) is 0. The van der Waals surface area contributed by atoms with E-state index in [-0.39, 0.29) is 37.2 Å². The molecule has 0 radical (unpaired) electrons. The van der Waals surface area contributed by atoms with Crippen molar-refractivity contribution in [1.82, 2.24) is 0 Å². The van der Waals surface area contributed by atoms with Gasteiger partial charge in [0.05, 0.1) is 19.8 Å². The maximum atomic E-state index is 8.50. The Labute approximate surface area is 227 Å². The Balaban J connectivity index is -0.0000000200. The van der Waals surface area contributed by atoms with Crippen molar-refractivity contribution in [2.45, 2.75) is 0 Å². The van der Waals surface area contributed by atoms with Crippen LogP contribution < -0.4 is 11.1 Å². The molecule has 0 unspecified atom stereocenters. The Kier molecular flexibility index (Phi) is 360. The van der Waals surface area contributed by atoms with Crippen LogP contribution in [0.25, 0.3) is 0 Å². The third kappa shape index (κ3) is 2790. The monoisotopic (exact) mass is 564 g/mol. The molecule has 0 bridgehead atoms. The second-order valence-electron chi connectivity index (χ2n) is 2.53. The van der Waals surface area contributed by atoms with E-state index in [4.69, 9.17) is 36.4 Å². The summed E-state index contributed by atoms with van der Waals surface area (Å²) < 4.78 is 51.0. The van der Waals surface area contributed by atoms with Gasteiger partial charge in [0.2, 0.25) is 0 Å². The number of allylic oxidation sites excluding steroid dienone is 3. The fraction of sp³-hybridized carbons (Fsp3) is 0.167. The molecular formula is C18H33AlO9Ti3-3. The van der Waals surface area contributed by atoms with Gasteiger partial charge in [-0.2, -0.15) is 0 Å². The van der Waals surface area contributed by atoms with Gasteiger partial charge in [0.25, 0.3) is 0 Å². The Bertz CT molecular complexity index is 256. The summed E-state index contributed by atoms with van der Waals surface area (Å²) in [6.07, 6.45) is 8.79. The molecule has 0 aliphatic carbocycles. The Morgan fingerprint density at radius 2 is 0.613 bits per heavy atom. The van der Waals surface area contributed by atoms with Crippen molar-refractivity contribution < 1.29 is 94.9 Å². The van der Waals surface area contributed by atoms with Gasteiger partial charge in [0.15, 0.2) is 0 Å². The van der Waals surface area contributed by atoms with Gasteiger partial charge in [-0.3, -0.25) is 0 Å². The van der Waals surface area contributed by atoms with E-state index in [1.807, 2.05) is 0 Å². The standard InChI is InChI=1S/3C3H6O.3C3H5.Al.6O.3Ti/c3*1-2-3-4;3*1-3-2;;;;;;;;;;/h3*2,4H,1,3H2;3*3H,1-2H2;;;;;;;;;;/q;;;3*-1;+3;;;;3*-1;;;. The van der Waals surface area contributed by atoms with E-state index in [2.05, 4.69) is 60.2 Å². The van der Waals surface area contributed by atoms with E-state index in [1.54, 1.807) is 0 Å². The van der Waals surface area contributed by atoms with Crippen LogP contribution >= 0.6 is 0 Å². The predicted octanol–water partition coefficient (Wildman–Crippen LogP) is -0.798. The quantitative estimate of drug-likeness (QED) is 0.225. The predicted molar refractivity (Wildman–Crippen MR) is 106 cm³/mol. The molecule has 0 saturated heterocycles. The van der Waals surface area contributed by atoms with Gasteiger partial charge in [-0.05, 0) is 0 Å². The van der Waals surface area contributed by atoms with Crippen LogP contribution in [0.3, 0.4) is 0 Å². The number of rotatable bonds is 3. The number of hydrogen-bond donors (Lipinski definition) is 3. The molecule has 0 aromatic heterocycles. The molecule has 0 aromatic carbocycles. The van der Waals surface area contributed by atoms with E-state index in [1.165, 1.54) is 36.5 Å². The molecule has 177 valence electrons. The molecule has 31 heavy (non-hydrogen) atoms. The van der Waals surface area contributed by atoms with Crippen molar-refractivity contribution in [3.63, 3.8) is 0 Å². The first-order valence-corrected chi connectivity index (χ1v) is 10.9. The van der Waals surface area contributed by atoms with Crippen molar-refractivity contribution in [2.75, 3.05) is 19.8 Å². The summed E-state index contributed by atoms with van der Waals surface area (Å²) in [6, 6.07) is 0. The van der Waals surface area contributed by atoms with Gasteiger partial charge < -0.3 is 15.3 Å². The van der Waals surface area contributed by atoms with Gasteiger partial charge in [0, 0.05) is 0 Å². The van der Waals surface area contributed by atoms with Crippen LogP contribution in [0.2, 0.25) is 0 Å². The average Bonchev–Trinajstić information content (AvgIpc) is 2.72.